The zero-order valence-electron chi connectivity index (χ0n) is 15.0. The second-order valence-corrected chi connectivity index (χ2v) is 6.32. The summed E-state index contributed by atoms with van der Waals surface area (Å²) < 4.78 is 5.22. The van der Waals surface area contributed by atoms with E-state index in [0.29, 0.717) is 36.0 Å². The summed E-state index contributed by atoms with van der Waals surface area (Å²) in [6.45, 7) is 2.41. The molecule has 1 N–H and O–H groups in total. The highest BCUT2D eigenvalue weighted by molar-refractivity contribution is 6.30. The van der Waals surface area contributed by atoms with Gasteiger partial charge < -0.3 is 15.0 Å². The number of para-hydroxylation sites is 2. The molecule has 0 unspecified atom stereocenters. The molecule has 26 heavy (non-hydrogen) atoms. The minimum Gasteiger partial charge on any atom is -0.495 e. The Balaban J connectivity index is 1.87. The summed E-state index contributed by atoms with van der Waals surface area (Å²) in [5.74, 6) is 0.380. The molecule has 2 rings (SSSR count). The first-order valence-corrected chi connectivity index (χ1v) is 8.80. The van der Waals surface area contributed by atoms with Crippen LogP contribution in [0.2, 0.25) is 5.02 Å². The first-order chi connectivity index (χ1) is 12.5. The third kappa shape index (κ3) is 6.08. The number of halogens is 1. The molecule has 0 fully saturated rings. The maximum Gasteiger partial charge on any atom is 0.226 e. The average Bonchev–Trinajstić information content (AvgIpc) is 2.62. The summed E-state index contributed by atoms with van der Waals surface area (Å²) in [5, 5.41) is 3.49. The van der Waals surface area contributed by atoms with Crippen LogP contribution in [-0.2, 0) is 16.0 Å². The quantitative estimate of drug-likeness (QED) is 0.765. The Morgan fingerprint density at radius 2 is 1.88 bits per heavy atom. The highest BCUT2D eigenvalue weighted by Gasteiger charge is 2.13. The van der Waals surface area contributed by atoms with Crippen molar-refractivity contribution in [2.45, 2.75) is 19.8 Å². The fourth-order valence-corrected chi connectivity index (χ4v) is 2.79. The van der Waals surface area contributed by atoms with Crippen molar-refractivity contribution in [2.24, 2.45) is 0 Å². The van der Waals surface area contributed by atoms with Crippen LogP contribution in [0.5, 0.6) is 5.75 Å². The first-order valence-electron chi connectivity index (χ1n) is 8.42. The molecule has 0 saturated carbocycles. The average molecular weight is 375 g/mol. The highest BCUT2D eigenvalue weighted by Crippen LogP contribution is 2.23. The van der Waals surface area contributed by atoms with E-state index in [4.69, 9.17) is 16.3 Å². The molecule has 0 aliphatic carbocycles. The van der Waals surface area contributed by atoms with Crippen molar-refractivity contribution in [3.8, 4) is 5.75 Å². The van der Waals surface area contributed by atoms with Gasteiger partial charge in [0, 0.05) is 31.5 Å². The number of amides is 2. The lowest BCUT2D eigenvalue weighted by Crippen LogP contribution is -2.33. The third-order valence-electron chi connectivity index (χ3n) is 3.99. The highest BCUT2D eigenvalue weighted by atomic mass is 35.5. The number of nitrogens with one attached hydrogen (secondary N) is 1. The number of rotatable bonds is 8. The van der Waals surface area contributed by atoms with E-state index in [-0.39, 0.29) is 18.2 Å². The molecular formula is C20H23ClN2O3. The van der Waals surface area contributed by atoms with Gasteiger partial charge >= 0.3 is 0 Å². The van der Waals surface area contributed by atoms with E-state index in [1.54, 1.807) is 24.1 Å². The van der Waals surface area contributed by atoms with E-state index < -0.39 is 0 Å². The van der Waals surface area contributed by atoms with Gasteiger partial charge in [-0.15, -0.1) is 0 Å². The number of hydrogen-bond acceptors (Lipinski definition) is 3. The first kappa shape index (κ1) is 19.8. The minimum atomic E-state index is -0.163. The lowest BCUT2D eigenvalue weighted by molar-refractivity contribution is -0.129. The molecule has 0 aliphatic rings. The zero-order valence-corrected chi connectivity index (χ0v) is 15.8. The summed E-state index contributed by atoms with van der Waals surface area (Å²) in [6.07, 6.45) is 0.904. The molecule has 2 amide bonds. The van der Waals surface area contributed by atoms with Gasteiger partial charge in [0.15, 0.2) is 0 Å². The normalized spacial score (nSPS) is 10.3. The minimum absolute atomic E-state index is 0.0582. The number of methoxy groups -OCH3 is 1. The van der Waals surface area contributed by atoms with Gasteiger partial charge in [0.05, 0.1) is 12.8 Å². The number of carbonyl (C=O) groups excluding carboxylic acids is 2. The molecule has 6 heteroatoms. The van der Waals surface area contributed by atoms with Crippen LogP contribution < -0.4 is 10.1 Å². The van der Waals surface area contributed by atoms with Gasteiger partial charge in [-0.2, -0.15) is 0 Å². The van der Waals surface area contributed by atoms with Crippen molar-refractivity contribution in [3.63, 3.8) is 0 Å². The Kier molecular flexibility index (Phi) is 7.48. The van der Waals surface area contributed by atoms with Gasteiger partial charge in [-0.25, -0.2) is 0 Å². The fourth-order valence-electron chi connectivity index (χ4n) is 2.58. The predicted octanol–water partition coefficient (Wildman–Crippen LogP) is 3.77. The molecule has 138 valence electrons. The maximum absolute atomic E-state index is 12.2. The summed E-state index contributed by atoms with van der Waals surface area (Å²) in [5.41, 5.74) is 1.68. The van der Waals surface area contributed by atoms with E-state index in [1.165, 1.54) is 6.92 Å². The Morgan fingerprint density at radius 1 is 1.12 bits per heavy atom. The van der Waals surface area contributed by atoms with Crippen LogP contribution in [0.25, 0.3) is 0 Å². The fraction of sp³-hybridized carbons (Fsp3) is 0.300. The van der Waals surface area contributed by atoms with E-state index in [9.17, 15) is 9.59 Å². The molecule has 0 spiro atoms. The van der Waals surface area contributed by atoms with E-state index in [1.807, 2.05) is 36.4 Å². The SMILES string of the molecule is COc1ccccc1NC(=O)CCN(CCc1cccc(Cl)c1)C(C)=O. The molecule has 0 radical (unpaired) electrons. The lowest BCUT2D eigenvalue weighted by Gasteiger charge is -2.21. The lowest BCUT2D eigenvalue weighted by atomic mass is 10.1. The molecule has 0 heterocycles. The Bertz CT molecular complexity index is 764. The van der Waals surface area contributed by atoms with Crippen LogP contribution in [0.15, 0.2) is 48.5 Å². The molecule has 0 bridgehead atoms. The molecule has 0 aliphatic heterocycles. The van der Waals surface area contributed by atoms with Gasteiger partial charge in [-0.3, -0.25) is 9.59 Å². The van der Waals surface area contributed by atoms with Crippen LogP contribution in [0.3, 0.4) is 0 Å². The predicted molar refractivity (Wildman–Crippen MR) is 104 cm³/mol. The van der Waals surface area contributed by atoms with Gasteiger partial charge in [-0.1, -0.05) is 35.9 Å². The summed E-state index contributed by atoms with van der Waals surface area (Å²) in [7, 11) is 1.55. The van der Waals surface area contributed by atoms with Crippen LogP contribution in [0.4, 0.5) is 5.69 Å². The molecule has 0 atom stereocenters. The Morgan fingerprint density at radius 3 is 2.58 bits per heavy atom. The van der Waals surface area contributed by atoms with Crippen molar-refractivity contribution in [1.82, 2.24) is 4.90 Å². The monoisotopic (exact) mass is 374 g/mol. The zero-order chi connectivity index (χ0) is 18.9. The molecule has 0 aromatic heterocycles. The third-order valence-corrected chi connectivity index (χ3v) is 4.23. The van der Waals surface area contributed by atoms with E-state index in [0.717, 1.165) is 5.56 Å². The maximum atomic E-state index is 12.2. The largest absolute Gasteiger partial charge is 0.495 e. The Hall–Kier alpha value is -2.53. The second-order valence-electron chi connectivity index (χ2n) is 5.88. The molecule has 2 aromatic rings. The number of benzene rings is 2. The number of anilines is 1. The van der Waals surface area contributed by atoms with Gasteiger partial charge in [0.2, 0.25) is 11.8 Å². The van der Waals surface area contributed by atoms with Crippen LogP contribution in [-0.4, -0.2) is 36.9 Å². The summed E-state index contributed by atoms with van der Waals surface area (Å²) in [6, 6.07) is 14.8. The number of nitrogens with zero attached hydrogens (tertiary/aromatic N) is 1. The van der Waals surface area contributed by atoms with Crippen LogP contribution in [0.1, 0.15) is 18.9 Å². The standard InChI is InChI=1S/C20H23ClN2O3/c1-15(24)23(12-10-16-6-5-7-17(21)14-16)13-11-20(25)22-18-8-3-4-9-19(18)26-2/h3-9,14H,10-13H2,1-2H3,(H,22,25). The van der Waals surface area contributed by atoms with Crippen molar-refractivity contribution in [1.29, 1.82) is 0 Å². The summed E-state index contributed by atoms with van der Waals surface area (Å²) >= 11 is 5.98. The van der Waals surface area contributed by atoms with Crippen LogP contribution in [0, 0.1) is 0 Å². The van der Waals surface area contributed by atoms with Crippen molar-refractivity contribution >= 4 is 29.1 Å². The number of hydrogen-bond donors (Lipinski definition) is 1. The van der Waals surface area contributed by atoms with Crippen molar-refractivity contribution in [2.75, 3.05) is 25.5 Å². The molecular weight excluding hydrogens is 352 g/mol. The smallest absolute Gasteiger partial charge is 0.226 e. The van der Waals surface area contributed by atoms with Crippen molar-refractivity contribution < 1.29 is 14.3 Å². The van der Waals surface area contributed by atoms with Gasteiger partial charge in [-0.05, 0) is 36.2 Å². The van der Waals surface area contributed by atoms with E-state index in [2.05, 4.69) is 5.32 Å². The second kappa shape index (κ2) is 9.82. The molecule has 5 nitrogen and oxygen atoms in total. The Labute approximate surface area is 158 Å². The summed E-state index contributed by atoms with van der Waals surface area (Å²) in [4.78, 5) is 25.7. The van der Waals surface area contributed by atoms with E-state index >= 15 is 0 Å². The number of carbonyl (C=O) groups is 2. The van der Waals surface area contributed by atoms with Gasteiger partial charge in [0.1, 0.15) is 5.75 Å². The topological polar surface area (TPSA) is 58.6 Å². The molecule has 2 aromatic carbocycles. The number of ether oxygens (including phenoxy) is 1. The van der Waals surface area contributed by atoms with Gasteiger partial charge in [0.25, 0.3) is 0 Å². The van der Waals surface area contributed by atoms with Crippen molar-refractivity contribution in [3.05, 3.63) is 59.1 Å². The molecule has 0 saturated heterocycles. The van der Waals surface area contributed by atoms with Crippen LogP contribution >= 0.6 is 11.6 Å².